The van der Waals surface area contributed by atoms with Crippen molar-refractivity contribution < 1.29 is 9.90 Å². The van der Waals surface area contributed by atoms with E-state index in [0.29, 0.717) is 12.0 Å². The number of hydrogen-bond acceptors (Lipinski definition) is 3. The highest BCUT2D eigenvalue weighted by molar-refractivity contribution is 5.87. The Labute approximate surface area is 124 Å². The van der Waals surface area contributed by atoms with Crippen LogP contribution in [-0.4, -0.2) is 21.0 Å². The summed E-state index contributed by atoms with van der Waals surface area (Å²) >= 11 is 0. The molecular formula is C17H20N2O2. The van der Waals surface area contributed by atoms with E-state index >= 15 is 0 Å². The molecule has 21 heavy (non-hydrogen) atoms. The van der Waals surface area contributed by atoms with Gasteiger partial charge < -0.3 is 5.11 Å². The second-order valence-corrected chi connectivity index (χ2v) is 6.22. The van der Waals surface area contributed by atoms with Crippen LogP contribution in [0.25, 0.3) is 0 Å². The molecule has 0 aliphatic rings. The van der Waals surface area contributed by atoms with Crippen molar-refractivity contribution in [1.29, 1.82) is 0 Å². The number of aromatic nitrogens is 2. The summed E-state index contributed by atoms with van der Waals surface area (Å²) in [5.74, 6) is -1.01. The van der Waals surface area contributed by atoms with Crippen LogP contribution in [0, 0.1) is 6.92 Å². The molecule has 0 unspecified atom stereocenters. The van der Waals surface area contributed by atoms with Crippen molar-refractivity contribution in [2.45, 2.75) is 39.5 Å². The minimum atomic E-state index is -1.01. The van der Waals surface area contributed by atoms with Crippen molar-refractivity contribution in [2.75, 3.05) is 0 Å². The molecule has 0 saturated carbocycles. The highest BCUT2D eigenvalue weighted by Gasteiger charge is 2.15. The molecule has 0 atom stereocenters. The molecule has 1 N–H and O–H groups in total. The van der Waals surface area contributed by atoms with Crippen LogP contribution in [-0.2, 0) is 11.8 Å². The molecule has 4 heteroatoms. The van der Waals surface area contributed by atoms with Gasteiger partial charge in [-0.15, -0.1) is 0 Å². The number of rotatable bonds is 3. The molecule has 0 amide bonds. The van der Waals surface area contributed by atoms with Crippen LogP contribution in [0.1, 0.15) is 53.6 Å². The van der Waals surface area contributed by atoms with Gasteiger partial charge in [0.2, 0.25) is 0 Å². The largest absolute Gasteiger partial charge is 0.477 e. The highest BCUT2D eigenvalue weighted by Crippen LogP contribution is 2.23. The molecule has 1 heterocycles. The van der Waals surface area contributed by atoms with Gasteiger partial charge in [0.25, 0.3) is 0 Å². The number of carboxylic acids is 1. The number of carbonyl (C=O) groups is 1. The van der Waals surface area contributed by atoms with Crippen molar-refractivity contribution in [1.82, 2.24) is 9.97 Å². The van der Waals surface area contributed by atoms with E-state index in [1.165, 1.54) is 11.9 Å². The SMILES string of the molecule is Cc1c(Cc2ccc(C(C)(C)C)cc2)ncnc1C(=O)O. The first-order valence-electron chi connectivity index (χ1n) is 6.92. The molecule has 2 rings (SSSR count). The maximum atomic E-state index is 11.1. The van der Waals surface area contributed by atoms with E-state index in [9.17, 15) is 4.79 Å². The van der Waals surface area contributed by atoms with Crippen molar-refractivity contribution in [3.63, 3.8) is 0 Å². The topological polar surface area (TPSA) is 63.1 Å². The van der Waals surface area contributed by atoms with Crippen molar-refractivity contribution in [3.8, 4) is 0 Å². The fourth-order valence-corrected chi connectivity index (χ4v) is 2.20. The molecule has 0 spiro atoms. The predicted octanol–water partition coefficient (Wildman–Crippen LogP) is 3.37. The average molecular weight is 284 g/mol. The first kappa shape index (κ1) is 15.2. The summed E-state index contributed by atoms with van der Waals surface area (Å²) in [5.41, 5.74) is 3.97. The van der Waals surface area contributed by atoms with Gasteiger partial charge in [-0.05, 0) is 23.5 Å². The van der Waals surface area contributed by atoms with E-state index in [0.717, 1.165) is 11.3 Å². The second kappa shape index (κ2) is 5.64. The molecule has 1 aromatic carbocycles. The van der Waals surface area contributed by atoms with Gasteiger partial charge in [-0.3, -0.25) is 0 Å². The third-order valence-corrected chi connectivity index (χ3v) is 3.58. The first-order valence-corrected chi connectivity index (χ1v) is 6.92. The standard InChI is InChI=1S/C17H20N2O2/c1-11-14(18-10-19-15(11)16(20)21)9-12-5-7-13(8-6-12)17(2,3)4/h5-8,10H,9H2,1-4H3,(H,20,21). The van der Waals surface area contributed by atoms with Crippen LogP contribution in [0.3, 0.4) is 0 Å². The summed E-state index contributed by atoms with van der Waals surface area (Å²) in [7, 11) is 0. The Hall–Kier alpha value is -2.23. The maximum Gasteiger partial charge on any atom is 0.354 e. The van der Waals surface area contributed by atoms with Gasteiger partial charge in [0.1, 0.15) is 6.33 Å². The van der Waals surface area contributed by atoms with Gasteiger partial charge in [0.15, 0.2) is 5.69 Å². The molecular weight excluding hydrogens is 264 g/mol. The third kappa shape index (κ3) is 3.45. The van der Waals surface area contributed by atoms with Crippen molar-refractivity contribution in [2.24, 2.45) is 0 Å². The van der Waals surface area contributed by atoms with Gasteiger partial charge >= 0.3 is 5.97 Å². The van der Waals surface area contributed by atoms with E-state index < -0.39 is 5.97 Å². The van der Waals surface area contributed by atoms with Crippen LogP contribution >= 0.6 is 0 Å². The van der Waals surface area contributed by atoms with Gasteiger partial charge in [0.05, 0.1) is 5.69 Å². The van der Waals surface area contributed by atoms with Gasteiger partial charge in [-0.1, -0.05) is 45.0 Å². The third-order valence-electron chi connectivity index (χ3n) is 3.58. The fraction of sp³-hybridized carbons (Fsp3) is 0.353. The monoisotopic (exact) mass is 284 g/mol. The van der Waals surface area contributed by atoms with Gasteiger partial charge in [-0.25, -0.2) is 14.8 Å². The molecule has 0 aliphatic carbocycles. The molecule has 110 valence electrons. The van der Waals surface area contributed by atoms with Crippen LogP contribution < -0.4 is 0 Å². The molecule has 0 fully saturated rings. The Kier molecular flexibility index (Phi) is 4.07. The number of benzene rings is 1. The van der Waals surface area contributed by atoms with Gasteiger partial charge in [-0.2, -0.15) is 0 Å². The summed E-state index contributed by atoms with van der Waals surface area (Å²) in [4.78, 5) is 19.1. The average Bonchev–Trinajstić information content (AvgIpc) is 2.40. The lowest BCUT2D eigenvalue weighted by atomic mass is 9.86. The van der Waals surface area contributed by atoms with Crippen molar-refractivity contribution in [3.05, 3.63) is 58.7 Å². The van der Waals surface area contributed by atoms with Gasteiger partial charge in [0, 0.05) is 12.0 Å². The van der Waals surface area contributed by atoms with Crippen molar-refractivity contribution >= 4 is 5.97 Å². The Morgan fingerprint density at radius 3 is 2.29 bits per heavy atom. The highest BCUT2D eigenvalue weighted by atomic mass is 16.4. The quantitative estimate of drug-likeness (QED) is 0.938. The van der Waals surface area contributed by atoms with Crippen LogP contribution in [0.2, 0.25) is 0 Å². The zero-order valence-corrected chi connectivity index (χ0v) is 12.8. The predicted molar refractivity (Wildman–Crippen MR) is 81.7 cm³/mol. The maximum absolute atomic E-state index is 11.1. The van der Waals surface area contributed by atoms with Crippen LogP contribution in [0.4, 0.5) is 0 Å². The molecule has 0 radical (unpaired) electrons. The fourth-order valence-electron chi connectivity index (χ4n) is 2.20. The number of aromatic carboxylic acids is 1. The lowest BCUT2D eigenvalue weighted by Crippen LogP contribution is -2.11. The molecule has 0 saturated heterocycles. The van der Waals surface area contributed by atoms with Crippen LogP contribution in [0.5, 0.6) is 0 Å². The molecule has 1 aromatic heterocycles. The Morgan fingerprint density at radius 1 is 1.14 bits per heavy atom. The smallest absolute Gasteiger partial charge is 0.354 e. The van der Waals surface area contributed by atoms with E-state index in [4.69, 9.17) is 5.11 Å². The zero-order chi connectivity index (χ0) is 15.6. The Morgan fingerprint density at radius 2 is 1.76 bits per heavy atom. The lowest BCUT2D eigenvalue weighted by Gasteiger charge is -2.19. The summed E-state index contributed by atoms with van der Waals surface area (Å²) in [6.07, 6.45) is 1.92. The summed E-state index contributed by atoms with van der Waals surface area (Å²) < 4.78 is 0. The Bertz CT molecular complexity index is 655. The molecule has 4 nitrogen and oxygen atoms in total. The van der Waals surface area contributed by atoms with E-state index in [1.54, 1.807) is 6.92 Å². The summed E-state index contributed by atoms with van der Waals surface area (Å²) in [5, 5.41) is 9.09. The zero-order valence-electron chi connectivity index (χ0n) is 12.8. The lowest BCUT2D eigenvalue weighted by molar-refractivity contribution is 0.0689. The Balaban J connectivity index is 2.27. The minimum Gasteiger partial charge on any atom is -0.477 e. The summed E-state index contributed by atoms with van der Waals surface area (Å²) in [6, 6.07) is 8.37. The normalized spacial score (nSPS) is 11.4. The van der Waals surface area contributed by atoms with E-state index in [-0.39, 0.29) is 11.1 Å². The van der Waals surface area contributed by atoms with E-state index in [1.807, 2.05) is 0 Å². The summed E-state index contributed by atoms with van der Waals surface area (Å²) in [6.45, 7) is 8.28. The van der Waals surface area contributed by atoms with E-state index in [2.05, 4.69) is 55.0 Å². The molecule has 0 bridgehead atoms. The molecule has 0 aliphatic heterocycles. The molecule has 2 aromatic rings. The number of nitrogens with zero attached hydrogens (tertiary/aromatic N) is 2. The minimum absolute atomic E-state index is 0.0753. The number of carboxylic acid groups (broad SMARTS) is 1. The van der Waals surface area contributed by atoms with Crippen LogP contribution in [0.15, 0.2) is 30.6 Å². The second-order valence-electron chi connectivity index (χ2n) is 6.22. The number of hydrogen-bond donors (Lipinski definition) is 1. The first-order chi connectivity index (χ1) is 9.79.